The van der Waals surface area contributed by atoms with E-state index in [9.17, 15) is 9.18 Å². The third-order valence-electron chi connectivity index (χ3n) is 5.44. The van der Waals surface area contributed by atoms with Crippen LogP contribution in [0.4, 0.5) is 4.39 Å². The Bertz CT molecular complexity index is 961. The highest BCUT2D eigenvalue weighted by molar-refractivity contribution is 5.86. The van der Waals surface area contributed by atoms with Crippen LogP contribution in [0.1, 0.15) is 48.9 Å². The summed E-state index contributed by atoms with van der Waals surface area (Å²) in [6, 6.07) is 15.3. The molecular formula is C23H24FNO2. The van der Waals surface area contributed by atoms with E-state index < -0.39 is 0 Å². The number of aryl methyl sites for hydroxylation is 1. The average Bonchev–Trinajstić information content (AvgIpc) is 2.97. The van der Waals surface area contributed by atoms with Gasteiger partial charge in [0.25, 0.3) is 0 Å². The molecule has 140 valence electrons. The van der Waals surface area contributed by atoms with Gasteiger partial charge in [0, 0.05) is 29.1 Å². The molecule has 1 heterocycles. The molecule has 0 saturated heterocycles. The zero-order valence-corrected chi connectivity index (χ0v) is 15.6. The second-order valence-electron chi connectivity index (χ2n) is 7.20. The van der Waals surface area contributed by atoms with Gasteiger partial charge in [-0.05, 0) is 55.5 Å². The van der Waals surface area contributed by atoms with E-state index in [1.807, 2.05) is 31.2 Å². The van der Waals surface area contributed by atoms with Crippen molar-refractivity contribution in [3.8, 4) is 0 Å². The number of carbonyl (C=O) groups excluding carboxylic acids is 1. The van der Waals surface area contributed by atoms with Crippen molar-refractivity contribution < 1.29 is 13.9 Å². The summed E-state index contributed by atoms with van der Waals surface area (Å²) < 4.78 is 21.5. The highest BCUT2D eigenvalue weighted by Gasteiger charge is 2.29. The van der Waals surface area contributed by atoms with Gasteiger partial charge in [-0.2, -0.15) is 0 Å². The molecule has 0 aliphatic heterocycles. The van der Waals surface area contributed by atoms with E-state index in [1.165, 1.54) is 22.9 Å². The molecule has 1 unspecified atom stereocenters. The molecule has 2 aromatic carbocycles. The molecule has 3 nitrogen and oxygen atoms in total. The number of nitrogens with zero attached hydrogens (tertiary/aromatic N) is 1. The van der Waals surface area contributed by atoms with E-state index in [0.717, 1.165) is 36.7 Å². The van der Waals surface area contributed by atoms with Crippen LogP contribution in [0, 0.1) is 5.82 Å². The lowest BCUT2D eigenvalue weighted by Crippen LogP contribution is -2.19. The number of fused-ring (bicyclic) bond motifs is 3. The van der Waals surface area contributed by atoms with Crippen molar-refractivity contribution in [3.63, 3.8) is 0 Å². The lowest BCUT2D eigenvalue weighted by Gasteiger charge is -2.25. The van der Waals surface area contributed by atoms with E-state index >= 15 is 0 Å². The first-order chi connectivity index (χ1) is 13.2. The summed E-state index contributed by atoms with van der Waals surface area (Å²) >= 11 is 0. The van der Waals surface area contributed by atoms with Crippen LogP contribution in [0.5, 0.6) is 0 Å². The molecule has 4 heteroatoms. The highest BCUT2D eigenvalue weighted by atomic mass is 19.1. The van der Waals surface area contributed by atoms with Gasteiger partial charge in [-0.1, -0.05) is 30.3 Å². The Morgan fingerprint density at radius 3 is 2.81 bits per heavy atom. The van der Waals surface area contributed by atoms with E-state index in [0.29, 0.717) is 13.0 Å². The molecule has 27 heavy (non-hydrogen) atoms. The first kappa shape index (κ1) is 17.8. The molecule has 1 aromatic heterocycles. The number of carbonyl (C=O) groups is 1. The smallest absolute Gasteiger partial charge is 0.306 e. The van der Waals surface area contributed by atoms with Crippen LogP contribution in [0.2, 0.25) is 0 Å². The fraction of sp³-hybridized carbons (Fsp3) is 0.348. The lowest BCUT2D eigenvalue weighted by molar-refractivity contribution is -0.143. The van der Waals surface area contributed by atoms with E-state index in [1.54, 1.807) is 6.07 Å². The normalized spacial score (nSPS) is 16.3. The van der Waals surface area contributed by atoms with Crippen LogP contribution in [-0.2, 0) is 22.5 Å². The maximum absolute atomic E-state index is 14.0. The SMILES string of the molecule is CCOC(=O)CC1CCCc2c1n(Cc1ccccc1)c1ccc(F)cc21. The summed E-state index contributed by atoms with van der Waals surface area (Å²) in [4.78, 5) is 12.2. The molecule has 1 aliphatic rings. The summed E-state index contributed by atoms with van der Waals surface area (Å²) in [7, 11) is 0. The number of rotatable bonds is 5. The Labute approximate surface area is 158 Å². The van der Waals surface area contributed by atoms with Gasteiger partial charge in [-0.3, -0.25) is 4.79 Å². The van der Waals surface area contributed by atoms with Crippen molar-refractivity contribution in [1.29, 1.82) is 0 Å². The number of benzene rings is 2. The minimum atomic E-state index is -0.213. The number of aromatic nitrogens is 1. The van der Waals surface area contributed by atoms with Gasteiger partial charge in [0.2, 0.25) is 0 Å². The van der Waals surface area contributed by atoms with Crippen LogP contribution in [0.3, 0.4) is 0 Å². The zero-order valence-electron chi connectivity index (χ0n) is 15.6. The molecule has 0 amide bonds. The van der Waals surface area contributed by atoms with Crippen molar-refractivity contribution in [2.45, 2.75) is 45.1 Å². The van der Waals surface area contributed by atoms with E-state index in [4.69, 9.17) is 4.74 Å². The van der Waals surface area contributed by atoms with Gasteiger partial charge in [0.15, 0.2) is 0 Å². The minimum Gasteiger partial charge on any atom is -0.466 e. The molecule has 0 radical (unpaired) electrons. The quantitative estimate of drug-likeness (QED) is 0.582. The minimum absolute atomic E-state index is 0.118. The van der Waals surface area contributed by atoms with E-state index in [-0.39, 0.29) is 17.7 Å². The molecule has 0 spiro atoms. The first-order valence-corrected chi connectivity index (χ1v) is 9.67. The maximum atomic E-state index is 14.0. The number of hydrogen-bond donors (Lipinski definition) is 0. The second kappa shape index (κ2) is 7.55. The second-order valence-corrected chi connectivity index (χ2v) is 7.20. The van der Waals surface area contributed by atoms with Gasteiger partial charge in [0.05, 0.1) is 13.0 Å². The van der Waals surface area contributed by atoms with Crippen LogP contribution in [0.15, 0.2) is 48.5 Å². The zero-order chi connectivity index (χ0) is 18.8. The third-order valence-corrected chi connectivity index (χ3v) is 5.44. The molecule has 1 atom stereocenters. The third kappa shape index (κ3) is 3.48. The van der Waals surface area contributed by atoms with Crippen LogP contribution < -0.4 is 0 Å². The Hall–Kier alpha value is -2.62. The Balaban J connectivity index is 1.83. The van der Waals surface area contributed by atoms with Gasteiger partial charge in [-0.15, -0.1) is 0 Å². The fourth-order valence-corrected chi connectivity index (χ4v) is 4.36. The number of ether oxygens (including phenoxy) is 1. The van der Waals surface area contributed by atoms with Crippen LogP contribution in [0.25, 0.3) is 10.9 Å². The first-order valence-electron chi connectivity index (χ1n) is 9.67. The molecular weight excluding hydrogens is 341 g/mol. The Kier molecular flexibility index (Phi) is 4.97. The predicted octanol–water partition coefficient (Wildman–Crippen LogP) is 5.20. The summed E-state index contributed by atoms with van der Waals surface area (Å²) in [5.74, 6) is -0.250. The lowest BCUT2D eigenvalue weighted by atomic mass is 9.84. The Morgan fingerprint density at radius 1 is 1.22 bits per heavy atom. The van der Waals surface area contributed by atoms with Gasteiger partial charge < -0.3 is 9.30 Å². The predicted molar refractivity (Wildman–Crippen MR) is 104 cm³/mol. The van der Waals surface area contributed by atoms with E-state index in [2.05, 4.69) is 16.7 Å². The summed E-state index contributed by atoms with van der Waals surface area (Å²) in [5, 5.41) is 0.981. The van der Waals surface area contributed by atoms with Crippen molar-refractivity contribution >= 4 is 16.9 Å². The van der Waals surface area contributed by atoms with Crippen LogP contribution >= 0.6 is 0 Å². The molecule has 0 bridgehead atoms. The monoisotopic (exact) mass is 365 g/mol. The number of hydrogen-bond acceptors (Lipinski definition) is 2. The van der Waals surface area contributed by atoms with Gasteiger partial charge in [-0.25, -0.2) is 4.39 Å². The Morgan fingerprint density at radius 2 is 2.04 bits per heavy atom. The van der Waals surface area contributed by atoms with Crippen molar-refractivity contribution in [2.24, 2.45) is 0 Å². The standard InChI is InChI=1S/C23H24FNO2/c1-2-27-22(26)13-17-9-6-10-19-20-14-18(24)11-12-21(20)25(23(17)19)15-16-7-4-3-5-8-16/h3-5,7-8,11-12,14,17H,2,6,9-10,13,15H2,1H3. The highest BCUT2D eigenvalue weighted by Crippen LogP contribution is 2.41. The molecule has 0 saturated carbocycles. The van der Waals surface area contributed by atoms with Crippen molar-refractivity contribution in [1.82, 2.24) is 4.57 Å². The van der Waals surface area contributed by atoms with Crippen LogP contribution in [-0.4, -0.2) is 17.1 Å². The molecule has 1 aliphatic carbocycles. The summed E-state index contributed by atoms with van der Waals surface area (Å²) in [6.45, 7) is 2.95. The average molecular weight is 365 g/mol. The number of esters is 1. The number of halogens is 1. The topological polar surface area (TPSA) is 31.2 Å². The van der Waals surface area contributed by atoms with Crippen molar-refractivity contribution in [3.05, 3.63) is 71.2 Å². The summed E-state index contributed by atoms with van der Waals surface area (Å²) in [6.07, 6.45) is 3.28. The van der Waals surface area contributed by atoms with Gasteiger partial charge in [0.1, 0.15) is 5.82 Å². The van der Waals surface area contributed by atoms with Gasteiger partial charge >= 0.3 is 5.97 Å². The fourth-order valence-electron chi connectivity index (χ4n) is 4.36. The molecule has 4 rings (SSSR count). The molecule has 3 aromatic rings. The molecule has 0 fully saturated rings. The largest absolute Gasteiger partial charge is 0.466 e. The maximum Gasteiger partial charge on any atom is 0.306 e. The van der Waals surface area contributed by atoms with Crippen molar-refractivity contribution in [2.75, 3.05) is 6.61 Å². The summed E-state index contributed by atoms with van der Waals surface area (Å²) in [5.41, 5.74) is 4.61. The molecule has 0 N–H and O–H groups in total.